The standard InChI is InChI=1S/C20H23N5OS2/c1-5-9-25-17(6-2)23-24-20(25)28-12-18(26)22-19-21-16(11-27-19)15-8-7-13(3)14(4)10-15/h5,7-8,10-11H,1,6,9,12H2,2-4H3,(H,21,22,26). The zero-order valence-electron chi connectivity index (χ0n) is 16.2. The third-order valence-corrected chi connectivity index (χ3v) is 6.03. The Kier molecular flexibility index (Phi) is 6.64. The van der Waals surface area contributed by atoms with E-state index < -0.39 is 0 Å². The normalized spacial score (nSPS) is 10.8. The molecule has 1 aromatic carbocycles. The number of amides is 1. The summed E-state index contributed by atoms with van der Waals surface area (Å²) in [7, 11) is 0. The van der Waals surface area contributed by atoms with E-state index in [0.29, 0.717) is 11.7 Å². The zero-order chi connectivity index (χ0) is 20.1. The SMILES string of the molecule is C=CCn1c(CC)nnc1SCC(=O)Nc1nc(-c2ccc(C)c(C)c2)cs1. The Hall–Kier alpha value is -2.45. The minimum atomic E-state index is -0.114. The van der Waals surface area contributed by atoms with Crippen LogP contribution in [0.2, 0.25) is 0 Å². The van der Waals surface area contributed by atoms with Crippen LogP contribution in [0.5, 0.6) is 0 Å². The first-order valence-electron chi connectivity index (χ1n) is 9.00. The number of carbonyl (C=O) groups excluding carboxylic acids is 1. The first kappa shape index (κ1) is 20.3. The summed E-state index contributed by atoms with van der Waals surface area (Å²) in [6.45, 7) is 10.6. The van der Waals surface area contributed by atoms with Gasteiger partial charge in [0, 0.05) is 23.9 Å². The van der Waals surface area contributed by atoms with Crippen LogP contribution < -0.4 is 5.32 Å². The first-order chi connectivity index (χ1) is 13.5. The highest BCUT2D eigenvalue weighted by Crippen LogP contribution is 2.27. The lowest BCUT2D eigenvalue weighted by atomic mass is 10.1. The highest BCUT2D eigenvalue weighted by Gasteiger charge is 2.14. The van der Waals surface area contributed by atoms with Crippen LogP contribution in [-0.4, -0.2) is 31.4 Å². The maximum atomic E-state index is 12.3. The summed E-state index contributed by atoms with van der Waals surface area (Å²) in [5, 5.41) is 14.5. The number of allylic oxidation sites excluding steroid dienone is 1. The number of thioether (sulfide) groups is 1. The largest absolute Gasteiger partial charge is 0.302 e. The monoisotopic (exact) mass is 413 g/mol. The van der Waals surface area contributed by atoms with Crippen molar-refractivity contribution in [3.05, 3.63) is 53.2 Å². The molecule has 0 spiro atoms. The number of anilines is 1. The van der Waals surface area contributed by atoms with Crippen LogP contribution in [0.25, 0.3) is 11.3 Å². The van der Waals surface area contributed by atoms with E-state index in [1.54, 1.807) is 6.08 Å². The number of carbonyl (C=O) groups is 1. The van der Waals surface area contributed by atoms with E-state index in [1.807, 2.05) is 16.9 Å². The number of aromatic nitrogens is 4. The third-order valence-electron chi connectivity index (χ3n) is 4.31. The second-order valence-electron chi connectivity index (χ2n) is 6.33. The molecule has 1 N–H and O–H groups in total. The lowest BCUT2D eigenvalue weighted by molar-refractivity contribution is -0.113. The molecule has 6 nitrogen and oxygen atoms in total. The molecule has 28 heavy (non-hydrogen) atoms. The predicted molar refractivity (Wildman–Crippen MR) is 116 cm³/mol. The van der Waals surface area contributed by atoms with Crippen LogP contribution in [0.3, 0.4) is 0 Å². The van der Waals surface area contributed by atoms with Crippen LogP contribution in [0, 0.1) is 13.8 Å². The molecule has 1 amide bonds. The number of nitrogens with one attached hydrogen (secondary N) is 1. The van der Waals surface area contributed by atoms with Crippen LogP contribution >= 0.6 is 23.1 Å². The molecule has 0 saturated heterocycles. The molecule has 0 bridgehead atoms. The Labute approximate surface area is 173 Å². The van der Waals surface area contributed by atoms with Gasteiger partial charge in [0.15, 0.2) is 10.3 Å². The molecule has 3 aromatic rings. The second kappa shape index (κ2) is 9.16. The average Bonchev–Trinajstić information content (AvgIpc) is 3.29. The maximum Gasteiger partial charge on any atom is 0.236 e. The number of benzene rings is 1. The van der Waals surface area contributed by atoms with Crippen molar-refractivity contribution >= 4 is 34.1 Å². The molecule has 3 rings (SSSR count). The van der Waals surface area contributed by atoms with Gasteiger partial charge in [0.1, 0.15) is 5.82 Å². The number of hydrogen-bond acceptors (Lipinski definition) is 6. The molecular weight excluding hydrogens is 390 g/mol. The summed E-state index contributed by atoms with van der Waals surface area (Å²) < 4.78 is 1.98. The first-order valence-corrected chi connectivity index (χ1v) is 10.9. The number of rotatable bonds is 8. The topological polar surface area (TPSA) is 72.7 Å². The minimum Gasteiger partial charge on any atom is -0.302 e. The second-order valence-corrected chi connectivity index (χ2v) is 8.13. The Morgan fingerprint density at radius 3 is 2.86 bits per heavy atom. The lowest BCUT2D eigenvalue weighted by Gasteiger charge is -2.06. The van der Waals surface area contributed by atoms with Crippen LogP contribution in [0.1, 0.15) is 23.9 Å². The highest BCUT2D eigenvalue weighted by molar-refractivity contribution is 7.99. The van der Waals surface area contributed by atoms with E-state index in [1.165, 1.54) is 34.2 Å². The molecule has 8 heteroatoms. The lowest BCUT2D eigenvalue weighted by Crippen LogP contribution is -2.14. The van der Waals surface area contributed by atoms with E-state index in [2.05, 4.69) is 59.1 Å². The van der Waals surface area contributed by atoms with Crippen LogP contribution in [0.15, 0.2) is 41.4 Å². The molecule has 0 aliphatic heterocycles. The van der Waals surface area contributed by atoms with Crippen LogP contribution in [0.4, 0.5) is 5.13 Å². The molecular formula is C20H23N5OS2. The van der Waals surface area contributed by atoms with Gasteiger partial charge in [0.05, 0.1) is 11.4 Å². The summed E-state index contributed by atoms with van der Waals surface area (Å²) in [5.74, 6) is 1.02. The fourth-order valence-corrected chi connectivity index (χ4v) is 4.15. The summed E-state index contributed by atoms with van der Waals surface area (Å²) in [4.78, 5) is 16.9. The number of aryl methyl sites for hydroxylation is 3. The molecule has 0 aliphatic carbocycles. The van der Waals surface area contributed by atoms with Crippen molar-refractivity contribution in [2.75, 3.05) is 11.1 Å². The molecule has 2 aromatic heterocycles. The molecule has 0 aliphatic rings. The number of thiazole rings is 1. The summed E-state index contributed by atoms with van der Waals surface area (Å²) in [6, 6.07) is 6.25. The Morgan fingerprint density at radius 2 is 2.14 bits per heavy atom. The van der Waals surface area contributed by atoms with Gasteiger partial charge in [-0.2, -0.15) is 0 Å². The average molecular weight is 414 g/mol. The third kappa shape index (κ3) is 4.69. The molecule has 146 valence electrons. The van der Waals surface area contributed by atoms with Crippen molar-refractivity contribution in [3.63, 3.8) is 0 Å². The van der Waals surface area contributed by atoms with Crippen molar-refractivity contribution in [2.45, 2.75) is 38.9 Å². The van der Waals surface area contributed by atoms with Gasteiger partial charge < -0.3 is 9.88 Å². The summed E-state index contributed by atoms with van der Waals surface area (Å²) in [6.07, 6.45) is 2.59. The van der Waals surface area contributed by atoms with Gasteiger partial charge in [0.2, 0.25) is 5.91 Å². The molecule has 0 radical (unpaired) electrons. The minimum absolute atomic E-state index is 0.114. The number of hydrogen-bond donors (Lipinski definition) is 1. The molecule has 2 heterocycles. The predicted octanol–water partition coefficient (Wildman–Crippen LogP) is 4.50. The fourth-order valence-electron chi connectivity index (χ4n) is 2.65. The van der Waals surface area contributed by atoms with Crippen molar-refractivity contribution in [1.29, 1.82) is 0 Å². The van der Waals surface area contributed by atoms with Gasteiger partial charge in [-0.1, -0.05) is 36.9 Å². The number of nitrogens with zero attached hydrogens (tertiary/aromatic N) is 4. The van der Waals surface area contributed by atoms with Gasteiger partial charge in [-0.3, -0.25) is 4.79 Å². The summed E-state index contributed by atoms with van der Waals surface area (Å²) >= 11 is 2.79. The molecule has 0 unspecified atom stereocenters. The smallest absolute Gasteiger partial charge is 0.236 e. The fraction of sp³-hybridized carbons (Fsp3) is 0.300. The van der Waals surface area contributed by atoms with E-state index in [0.717, 1.165) is 28.7 Å². The maximum absolute atomic E-state index is 12.3. The van der Waals surface area contributed by atoms with E-state index >= 15 is 0 Å². The van der Waals surface area contributed by atoms with Gasteiger partial charge in [-0.25, -0.2) is 4.98 Å². The van der Waals surface area contributed by atoms with Gasteiger partial charge in [0.25, 0.3) is 0 Å². The molecule has 0 saturated carbocycles. The highest BCUT2D eigenvalue weighted by atomic mass is 32.2. The molecule has 0 fully saturated rings. The van der Waals surface area contributed by atoms with Gasteiger partial charge in [-0.15, -0.1) is 28.1 Å². The summed E-state index contributed by atoms with van der Waals surface area (Å²) in [5.41, 5.74) is 4.40. The van der Waals surface area contributed by atoms with Gasteiger partial charge >= 0.3 is 0 Å². The van der Waals surface area contributed by atoms with E-state index in [-0.39, 0.29) is 11.7 Å². The van der Waals surface area contributed by atoms with Gasteiger partial charge in [-0.05, 0) is 31.0 Å². The quantitative estimate of drug-likeness (QED) is 0.435. The van der Waals surface area contributed by atoms with Crippen LogP contribution in [-0.2, 0) is 17.8 Å². The van der Waals surface area contributed by atoms with Crippen molar-refractivity contribution in [1.82, 2.24) is 19.7 Å². The zero-order valence-corrected chi connectivity index (χ0v) is 17.9. The Bertz CT molecular complexity index is 992. The van der Waals surface area contributed by atoms with Crippen molar-refractivity contribution < 1.29 is 4.79 Å². The van der Waals surface area contributed by atoms with E-state index in [9.17, 15) is 4.79 Å². The van der Waals surface area contributed by atoms with E-state index in [4.69, 9.17) is 0 Å². The molecule has 0 atom stereocenters. The van der Waals surface area contributed by atoms with Crippen molar-refractivity contribution in [3.8, 4) is 11.3 Å². The Morgan fingerprint density at radius 1 is 1.32 bits per heavy atom. The van der Waals surface area contributed by atoms with Crippen molar-refractivity contribution in [2.24, 2.45) is 0 Å². The Balaban J connectivity index is 1.61.